The second kappa shape index (κ2) is 8.08. The second-order valence-electron chi connectivity index (χ2n) is 10.4. The lowest BCUT2D eigenvalue weighted by Crippen LogP contribution is -2.40. The van der Waals surface area contributed by atoms with Crippen LogP contribution in [0.3, 0.4) is 0 Å². The van der Waals surface area contributed by atoms with E-state index in [0.717, 1.165) is 11.1 Å². The van der Waals surface area contributed by atoms with Gasteiger partial charge in [0, 0.05) is 16.8 Å². The monoisotopic (exact) mass is 406 g/mol. The lowest BCUT2D eigenvalue weighted by molar-refractivity contribution is 0.272. The number of anilines is 1. The van der Waals surface area contributed by atoms with Crippen molar-refractivity contribution in [1.82, 2.24) is 0 Å². The topological polar surface area (TPSA) is 68.3 Å². The van der Waals surface area contributed by atoms with Gasteiger partial charge in [0.1, 0.15) is 0 Å². The minimum atomic E-state index is -1.89. The zero-order valence-corrected chi connectivity index (χ0v) is 20.9. The minimum absolute atomic E-state index is 0.128. The van der Waals surface area contributed by atoms with Gasteiger partial charge < -0.3 is 14.6 Å². The minimum Gasteiger partial charge on any atom is -0.412 e. The fraction of sp³-hybridized carbons (Fsp3) is 0.667. The molecular weight excluding hydrogens is 368 g/mol. The first kappa shape index (κ1) is 23.9. The van der Waals surface area contributed by atoms with Gasteiger partial charge in [-0.25, -0.2) is 0 Å². The van der Waals surface area contributed by atoms with Crippen LogP contribution in [0.4, 0.5) is 5.69 Å². The van der Waals surface area contributed by atoms with Crippen molar-refractivity contribution in [2.75, 3.05) is 5.73 Å². The van der Waals surface area contributed by atoms with Crippen LogP contribution in [0.2, 0.25) is 36.3 Å². The van der Waals surface area contributed by atoms with E-state index in [-0.39, 0.29) is 10.1 Å². The summed E-state index contributed by atoms with van der Waals surface area (Å²) in [6.07, 6.45) is 0. The molecular formula is C21H38N2O2Si2. The van der Waals surface area contributed by atoms with E-state index < -0.39 is 16.6 Å². The summed E-state index contributed by atoms with van der Waals surface area (Å²) in [5.41, 5.74) is 9.50. The molecule has 1 aromatic rings. The molecule has 0 aliphatic heterocycles. The molecule has 0 spiro atoms. The van der Waals surface area contributed by atoms with Crippen LogP contribution < -0.4 is 5.73 Å². The number of benzene rings is 1. The highest BCUT2D eigenvalue weighted by Gasteiger charge is 2.38. The predicted molar refractivity (Wildman–Crippen MR) is 120 cm³/mol. The van der Waals surface area contributed by atoms with E-state index in [1.165, 1.54) is 0 Å². The molecule has 1 aromatic carbocycles. The molecule has 0 fully saturated rings. The number of nitriles is 1. The lowest BCUT2D eigenvalue weighted by atomic mass is 10.0. The van der Waals surface area contributed by atoms with Crippen molar-refractivity contribution in [1.29, 1.82) is 5.26 Å². The molecule has 0 bridgehead atoms. The molecule has 0 aliphatic rings. The van der Waals surface area contributed by atoms with E-state index in [1.807, 2.05) is 12.1 Å². The molecule has 6 heteroatoms. The molecule has 0 radical (unpaired) electrons. The maximum atomic E-state index is 9.44. The van der Waals surface area contributed by atoms with Gasteiger partial charge in [0.25, 0.3) is 0 Å². The third-order valence-corrected chi connectivity index (χ3v) is 15.2. The summed E-state index contributed by atoms with van der Waals surface area (Å²) in [6, 6.07) is 5.94. The van der Waals surface area contributed by atoms with Crippen LogP contribution in [-0.4, -0.2) is 16.6 Å². The zero-order chi connectivity index (χ0) is 21.3. The number of nitrogens with zero attached hydrogens (tertiary/aromatic N) is 1. The Morgan fingerprint density at radius 2 is 1.19 bits per heavy atom. The molecule has 0 saturated carbocycles. The first-order chi connectivity index (χ1) is 12.0. The van der Waals surface area contributed by atoms with Crippen LogP contribution in [0, 0.1) is 11.3 Å². The highest BCUT2D eigenvalue weighted by Crippen LogP contribution is 2.39. The average molecular weight is 407 g/mol. The highest BCUT2D eigenvalue weighted by atomic mass is 28.4. The summed E-state index contributed by atoms with van der Waals surface area (Å²) in [7, 11) is -3.78. The third-order valence-electron chi connectivity index (χ3n) is 6.27. The van der Waals surface area contributed by atoms with Gasteiger partial charge in [-0.15, -0.1) is 0 Å². The summed E-state index contributed by atoms with van der Waals surface area (Å²) >= 11 is 0. The largest absolute Gasteiger partial charge is 0.412 e. The van der Waals surface area contributed by atoms with Gasteiger partial charge in [0.15, 0.2) is 16.6 Å². The van der Waals surface area contributed by atoms with Crippen LogP contribution >= 0.6 is 0 Å². The zero-order valence-electron chi connectivity index (χ0n) is 18.9. The average Bonchev–Trinajstić information content (AvgIpc) is 2.50. The van der Waals surface area contributed by atoms with E-state index in [0.29, 0.717) is 24.5 Å². The Morgan fingerprint density at radius 3 is 1.44 bits per heavy atom. The van der Waals surface area contributed by atoms with Crippen LogP contribution in [0.25, 0.3) is 0 Å². The Hall–Kier alpha value is -1.14. The van der Waals surface area contributed by atoms with Crippen LogP contribution in [-0.2, 0) is 22.1 Å². The van der Waals surface area contributed by atoms with Gasteiger partial charge in [0.2, 0.25) is 0 Å². The maximum absolute atomic E-state index is 9.44. The van der Waals surface area contributed by atoms with Gasteiger partial charge in [-0.3, -0.25) is 0 Å². The van der Waals surface area contributed by atoms with Crippen LogP contribution in [0.1, 0.15) is 58.2 Å². The molecule has 2 N–H and O–H groups in total. The molecule has 1 rings (SSSR count). The number of hydrogen-bond acceptors (Lipinski definition) is 4. The molecule has 0 aliphatic carbocycles. The maximum Gasteiger partial charge on any atom is 0.192 e. The van der Waals surface area contributed by atoms with Crippen molar-refractivity contribution in [2.45, 2.75) is 91.0 Å². The number of nitrogens with two attached hydrogens (primary N) is 1. The number of rotatable bonds is 6. The van der Waals surface area contributed by atoms with Gasteiger partial charge in [0.05, 0.1) is 24.8 Å². The normalized spacial score (nSPS) is 13.5. The van der Waals surface area contributed by atoms with Gasteiger partial charge in [-0.2, -0.15) is 5.26 Å². The summed E-state index contributed by atoms with van der Waals surface area (Å²) in [6.45, 7) is 23.0. The van der Waals surface area contributed by atoms with Crippen LogP contribution in [0.5, 0.6) is 0 Å². The fourth-order valence-corrected chi connectivity index (χ4v) is 3.93. The second-order valence-corrected chi connectivity index (χ2v) is 20.0. The van der Waals surface area contributed by atoms with E-state index in [1.54, 1.807) is 0 Å². The quantitative estimate of drug-likeness (QED) is 0.452. The van der Waals surface area contributed by atoms with Gasteiger partial charge >= 0.3 is 0 Å². The summed E-state index contributed by atoms with van der Waals surface area (Å²) in [5.74, 6) is 0. The standard InChI is InChI=1S/C21H38N2O2Si2/c1-20(2,3)26(7,8)24-14-17-11-16(13-22)12-18(19(17)23)15-25-27(9,10)21(4,5)6/h11-12H,14-15,23H2,1-10H3. The van der Waals surface area contributed by atoms with E-state index >= 15 is 0 Å². The van der Waals surface area contributed by atoms with Crippen molar-refractivity contribution in [2.24, 2.45) is 0 Å². The molecule has 0 amide bonds. The molecule has 0 aromatic heterocycles. The summed E-state index contributed by atoms with van der Waals surface area (Å²) in [4.78, 5) is 0. The first-order valence-corrected chi connectivity index (χ1v) is 15.4. The van der Waals surface area contributed by atoms with E-state index in [9.17, 15) is 5.26 Å². The van der Waals surface area contributed by atoms with Gasteiger partial charge in [-0.1, -0.05) is 41.5 Å². The molecule has 0 saturated heterocycles. The molecule has 0 atom stereocenters. The SMILES string of the molecule is CC(C)(C)[Si](C)(C)OCc1cc(C#N)cc(CO[Si](C)(C)C(C)(C)C)c1N. The smallest absolute Gasteiger partial charge is 0.192 e. The number of hydrogen-bond donors (Lipinski definition) is 1. The van der Waals surface area contributed by atoms with Crippen molar-refractivity contribution < 1.29 is 8.85 Å². The Labute approximate surface area is 168 Å². The summed E-state index contributed by atoms with van der Waals surface area (Å²) in [5, 5.41) is 9.69. The Balaban J connectivity index is 3.10. The van der Waals surface area contributed by atoms with Crippen molar-refractivity contribution in [3.63, 3.8) is 0 Å². The molecule has 0 heterocycles. The predicted octanol–water partition coefficient (Wildman–Crippen LogP) is 6.18. The summed E-state index contributed by atoms with van der Waals surface area (Å²) < 4.78 is 12.7. The fourth-order valence-electron chi connectivity index (χ4n) is 2.03. The van der Waals surface area contributed by atoms with Crippen molar-refractivity contribution in [3.8, 4) is 6.07 Å². The third kappa shape index (κ3) is 5.92. The molecule has 4 nitrogen and oxygen atoms in total. The first-order valence-electron chi connectivity index (χ1n) is 9.61. The highest BCUT2D eigenvalue weighted by molar-refractivity contribution is 6.74. The van der Waals surface area contributed by atoms with Crippen molar-refractivity contribution in [3.05, 3.63) is 28.8 Å². The van der Waals surface area contributed by atoms with E-state index in [4.69, 9.17) is 14.6 Å². The number of nitrogen functional groups attached to an aromatic ring is 1. The van der Waals surface area contributed by atoms with Crippen molar-refractivity contribution >= 4 is 22.3 Å². The Morgan fingerprint density at radius 1 is 0.852 bits per heavy atom. The van der Waals surface area contributed by atoms with Gasteiger partial charge in [-0.05, 0) is 48.4 Å². The van der Waals surface area contributed by atoms with E-state index in [2.05, 4.69) is 73.8 Å². The Kier molecular flexibility index (Phi) is 7.15. The molecule has 152 valence electrons. The molecule has 27 heavy (non-hydrogen) atoms. The Bertz CT molecular complexity index is 657. The lowest BCUT2D eigenvalue weighted by Gasteiger charge is -2.37. The van der Waals surface area contributed by atoms with Crippen LogP contribution in [0.15, 0.2) is 12.1 Å². The molecule has 0 unspecified atom stereocenters.